The van der Waals surface area contributed by atoms with Crippen LogP contribution in [-0.4, -0.2) is 20.7 Å². The lowest BCUT2D eigenvalue weighted by molar-refractivity contribution is 0.0991. The third-order valence-electron chi connectivity index (χ3n) is 4.22. The highest BCUT2D eigenvalue weighted by Crippen LogP contribution is 2.20. The van der Waals surface area contributed by atoms with Crippen molar-refractivity contribution in [1.82, 2.24) is 14.8 Å². The zero-order valence-electron chi connectivity index (χ0n) is 15.9. The number of aromatic nitrogens is 3. The Balaban J connectivity index is 1.35. The second-order valence-corrected chi connectivity index (χ2v) is 7.27. The summed E-state index contributed by atoms with van der Waals surface area (Å²) in [6.07, 6.45) is 1.37. The fraction of sp³-hybridized carbons (Fsp3) is 0.0952. The van der Waals surface area contributed by atoms with E-state index in [2.05, 4.69) is 15.4 Å². The number of ether oxygens (including phenoxy) is 1. The number of rotatable bonds is 7. The molecule has 0 saturated heterocycles. The molecule has 0 aliphatic carbocycles. The van der Waals surface area contributed by atoms with E-state index in [1.807, 2.05) is 0 Å². The van der Waals surface area contributed by atoms with Gasteiger partial charge in [-0.2, -0.15) is 0 Å². The fourth-order valence-corrected chi connectivity index (χ4v) is 3.05. The molecule has 0 aliphatic heterocycles. The van der Waals surface area contributed by atoms with Gasteiger partial charge in [-0.25, -0.2) is 14.1 Å². The van der Waals surface area contributed by atoms with Crippen LogP contribution < -0.4 is 10.1 Å². The number of nitrogens with one attached hydrogen (secondary N) is 1. The number of hydrogen-bond acceptors (Lipinski definition) is 5. The van der Waals surface area contributed by atoms with Gasteiger partial charge in [-0.15, -0.1) is 5.10 Å². The molecule has 0 spiro atoms. The smallest absolute Gasteiger partial charge is 0.293 e. The maximum Gasteiger partial charge on any atom is 0.293 e. The second kappa shape index (κ2) is 9.20. The lowest BCUT2D eigenvalue weighted by atomic mass is 10.2. The third kappa shape index (κ3) is 5.22. The summed E-state index contributed by atoms with van der Waals surface area (Å²) < 4.78 is 26.4. The highest BCUT2D eigenvalue weighted by atomic mass is 35.5. The largest absolute Gasteiger partial charge is 0.486 e. The quantitative estimate of drug-likeness (QED) is 0.409. The number of furan rings is 1. The van der Waals surface area contributed by atoms with Crippen LogP contribution in [0.1, 0.15) is 21.9 Å². The normalized spacial score (nSPS) is 10.8. The molecule has 0 aliphatic rings. The molecule has 0 bridgehead atoms. The van der Waals surface area contributed by atoms with Crippen molar-refractivity contribution < 1.29 is 18.3 Å². The summed E-state index contributed by atoms with van der Waals surface area (Å²) in [6, 6.07) is 14.5. The zero-order chi connectivity index (χ0) is 21.8. The molecule has 1 amide bonds. The number of anilines is 1. The molecule has 1 N–H and O–H groups in total. The molecule has 0 saturated carbocycles. The van der Waals surface area contributed by atoms with Gasteiger partial charge in [0.25, 0.3) is 5.91 Å². The lowest BCUT2D eigenvalue weighted by Crippen LogP contribution is -2.13. The van der Waals surface area contributed by atoms with Gasteiger partial charge in [0.1, 0.15) is 30.3 Å². The number of halogens is 3. The predicted octanol–water partition coefficient (Wildman–Crippen LogP) is 5.20. The molecule has 0 unspecified atom stereocenters. The number of nitrogens with zero attached hydrogens (tertiary/aromatic N) is 3. The topological polar surface area (TPSA) is 82.2 Å². The molecular formula is C21H15Cl2FN4O3. The minimum Gasteiger partial charge on any atom is -0.486 e. The first-order valence-electron chi connectivity index (χ1n) is 9.09. The Morgan fingerprint density at radius 2 is 1.94 bits per heavy atom. The number of carbonyl (C=O) groups is 1. The van der Waals surface area contributed by atoms with E-state index in [1.54, 1.807) is 36.4 Å². The van der Waals surface area contributed by atoms with E-state index in [4.69, 9.17) is 32.4 Å². The van der Waals surface area contributed by atoms with E-state index >= 15 is 0 Å². The monoisotopic (exact) mass is 460 g/mol. The van der Waals surface area contributed by atoms with E-state index in [-0.39, 0.29) is 35.4 Å². The molecule has 0 atom stereocenters. The highest BCUT2D eigenvalue weighted by Gasteiger charge is 2.15. The summed E-state index contributed by atoms with van der Waals surface area (Å²) in [5, 5.41) is 7.53. The molecule has 158 valence electrons. The van der Waals surface area contributed by atoms with Gasteiger partial charge in [0.15, 0.2) is 5.76 Å². The zero-order valence-corrected chi connectivity index (χ0v) is 17.4. The minimum absolute atomic E-state index is 0.0489. The summed E-state index contributed by atoms with van der Waals surface area (Å²) in [7, 11) is 0. The van der Waals surface area contributed by atoms with Crippen molar-refractivity contribution in [2.24, 2.45) is 0 Å². The Morgan fingerprint density at radius 1 is 1.13 bits per heavy atom. The summed E-state index contributed by atoms with van der Waals surface area (Å²) in [4.78, 5) is 16.4. The van der Waals surface area contributed by atoms with Gasteiger partial charge in [-0.05, 0) is 48.5 Å². The molecule has 2 aromatic heterocycles. The van der Waals surface area contributed by atoms with Crippen LogP contribution in [-0.2, 0) is 13.2 Å². The van der Waals surface area contributed by atoms with Crippen LogP contribution in [0.3, 0.4) is 0 Å². The van der Waals surface area contributed by atoms with Crippen molar-refractivity contribution in [3.05, 3.63) is 93.9 Å². The van der Waals surface area contributed by atoms with E-state index in [0.29, 0.717) is 16.5 Å². The molecule has 10 heteroatoms. The van der Waals surface area contributed by atoms with Crippen LogP contribution >= 0.6 is 23.2 Å². The van der Waals surface area contributed by atoms with Crippen LogP contribution in [0.25, 0.3) is 0 Å². The molecular weight excluding hydrogens is 446 g/mol. The van der Waals surface area contributed by atoms with Gasteiger partial charge in [0.05, 0.1) is 6.54 Å². The average Bonchev–Trinajstić information content (AvgIpc) is 3.40. The van der Waals surface area contributed by atoms with Gasteiger partial charge in [-0.1, -0.05) is 29.3 Å². The molecule has 4 aromatic rings. The number of amides is 1. The maximum atomic E-state index is 13.9. The van der Waals surface area contributed by atoms with E-state index in [1.165, 1.54) is 29.2 Å². The first-order chi connectivity index (χ1) is 15.0. The first kappa shape index (κ1) is 20.9. The molecule has 31 heavy (non-hydrogen) atoms. The standard InChI is InChI=1S/C21H15Cl2FN4O3/c22-13-4-6-14(7-5-13)30-11-15-8-9-19(31-15)20(29)26-21-25-12-28(27-21)10-16-17(23)2-1-3-18(16)24/h1-9,12H,10-11H2,(H,26,27,29). The highest BCUT2D eigenvalue weighted by molar-refractivity contribution is 6.31. The molecule has 0 radical (unpaired) electrons. The van der Waals surface area contributed by atoms with E-state index in [0.717, 1.165) is 0 Å². The second-order valence-electron chi connectivity index (χ2n) is 6.43. The van der Waals surface area contributed by atoms with Crippen LogP contribution in [0, 0.1) is 5.82 Å². The molecule has 2 heterocycles. The van der Waals surface area contributed by atoms with Gasteiger partial charge in [0, 0.05) is 15.6 Å². The Morgan fingerprint density at radius 3 is 2.71 bits per heavy atom. The van der Waals surface area contributed by atoms with Crippen molar-refractivity contribution in [3.8, 4) is 5.75 Å². The lowest BCUT2D eigenvalue weighted by Gasteiger charge is -2.05. The van der Waals surface area contributed by atoms with E-state index < -0.39 is 11.7 Å². The third-order valence-corrected chi connectivity index (χ3v) is 4.83. The summed E-state index contributed by atoms with van der Waals surface area (Å²) in [5.74, 6) is 0.234. The number of benzene rings is 2. The number of hydrogen-bond donors (Lipinski definition) is 1. The van der Waals surface area contributed by atoms with Crippen molar-refractivity contribution in [1.29, 1.82) is 0 Å². The van der Waals surface area contributed by atoms with Crippen LogP contribution in [0.5, 0.6) is 5.75 Å². The van der Waals surface area contributed by atoms with Crippen LogP contribution in [0.15, 0.2) is 65.3 Å². The van der Waals surface area contributed by atoms with Crippen molar-refractivity contribution >= 4 is 35.1 Å². The Labute approximate surface area is 186 Å². The van der Waals surface area contributed by atoms with Gasteiger partial charge in [0.2, 0.25) is 5.95 Å². The molecule has 7 nitrogen and oxygen atoms in total. The van der Waals surface area contributed by atoms with Crippen LogP contribution in [0.4, 0.5) is 10.3 Å². The fourth-order valence-electron chi connectivity index (χ4n) is 2.70. The number of carbonyl (C=O) groups excluding carboxylic acids is 1. The summed E-state index contributed by atoms with van der Waals surface area (Å²) in [6.45, 7) is 0.215. The summed E-state index contributed by atoms with van der Waals surface area (Å²) in [5.41, 5.74) is 0.281. The minimum atomic E-state index is -0.528. The van der Waals surface area contributed by atoms with Crippen LogP contribution in [0.2, 0.25) is 10.0 Å². The Hall–Kier alpha value is -3.36. The molecule has 4 rings (SSSR count). The average molecular weight is 461 g/mol. The summed E-state index contributed by atoms with van der Waals surface area (Å²) >= 11 is 11.9. The van der Waals surface area contributed by atoms with Crippen molar-refractivity contribution in [2.75, 3.05) is 5.32 Å². The molecule has 0 fully saturated rings. The predicted molar refractivity (Wildman–Crippen MR) is 113 cm³/mol. The maximum absolute atomic E-state index is 13.9. The van der Waals surface area contributed by atoms with Gasteiger partial charge >= 0.3 is 0 Å². The van der Waals surface area contributed by atoms with E-state index in [9.17, 15) is 9.18 Å². The first-order valence-corrected chi connectivity index (χ1v) is 9.84. The Kier molecular flexibility index (Phi) is 6.20. The van der Waals surface area contributed by atoms with Crippen molar-refractivity contribution in [3.63, 3.8) is 0 Å². The SMILES string of the molecule is O=C(Nc1ncn(Cc2c(F)cccc2Cl)n1)c1ccc(COc2ccc(Cl)cc2)o1. The van der Waals surface area contributed by atoms with Gasteiger partial charge in [-0.3, -0.25) is 10.1 Å². The molecule has 2 aromatic carbocycles. The Bertz CT molecular complexity index is 1190. The van der Waals surface area contributed by atoms with Gasteiger partial charge < -0.3 is 9.15 Å². The van der Waals surface area contributed by atoms with Crippen molar-refractivity contribution in [2.45, 2.75) is 13.2 Å².